The number of rotatable bonds is 3. The number of halogens is 1. The number of aliphatic hydroxyl groups excluding tert-OH is 1. The number of hydrogen-bond donors (Lipinski definition) is 3. The zero-order chi connectivity index (χ0) is 17.1. The third-order valence-corrected chi connectivity index (χ3v) is 4.16. The highest BCUT2D eigenvalue weighted by molar-refractivity contribution is 6.07. The van der Waals surface area contributed by atoms with Crippen LogP contribution in [0.5, 0.6) is 5.75 Å². The number of phenolic OH excluding ortho intramolecular Hbond substituents is 1. The molecule has 0 atom stereocenters. The Morgan fingerprint density at radius 1 is 1.17 bits per heavy atom. The molecule has 5 nitrogen and oxygen atoms in total. The van der Waals surface area contributed by atoms with Crippen LogP contribution < -0.4 is 10.2 Å². The fourth-order valence-electron chi connectivity index (χ4n) is 2.84. The number of aliphatic hydroxyl groups is 1. The van der Waals surface area contributed by atoms with Gasteiger partial charge in [0.2, 0.25) is 0 Å². The van der Waals surface area contributed by atoms with E-state index in [1.54, 1.807) is 12.1 Å². The lowest BCUT2D eigenvalue weighted by Gasteiger charge is -2.32. The van der Waals surface area contributed by atoms with Gasteiger partial charge >= 0.3 is 0 Å². The first kappa shape index (κ1) is 16.3. The van der Waals surface area contributed by atoms with E-state index in [0.29, 0.717) is 31.6 Å². The Bertz CT molecular complexity index is 743. The minimum Gasteiger partial charge on any atom is -0.507 e. The summed E-state index contributed by atoms with van der Waals surface area (Å²) in [5, 5.41) is 22.1. The molecular weight excluding hydrogens is 311 g/mol. The molecule has 0 radical (unpaired) electrons. The van der Waals surface area contributed by atoms with Gasteiger partial charge in [0, 0.05) is 13.1 Å². The molecule has 0 unspecified atom stereocenters. The second-order valence-electron chi connectivity index (χ2n) is 5.85. The summed E-state index contributed by atoms with van der Waals surface area (Å²) < 4.78 is 13.3. The number of anilines is 2. The molecule has 1 saturated heterocycles. The first-order valence-corrected chi connectivity index (χ1v) is 7.86. The lowest BCUT2D eigenvalue weighted by molar-refractivity contribution is 0.102. The SMILES string of the molecule is O=C(Nc1ccccc1N1CCC(O)CC1)c1cc(F)ccc1O. The zero-order valence-electron chi connectivity index (χ0n) is 13.1. The van der Waals surface area contributed by atoms with Crippen molar-refractivity contribution in [2.45, 2.75) is 18.9 Å². The smallest absolute Gasteiger partial charge is 0.259 e. The maximum atomic E-state index is 13.3. The van der Waals surface area contributed by atoms with Crippen LogP contribution in [0.2, 0.25) is 0 Å². The molecule has 2 aromatic carbocycles. The first-order chi connectivity index (χ1) is 11.5. The summed E-state index contributed by atoms with van der Waals surface area (Å²) in [4.78, 5) is 14.5. The van der Waals surface area contributed by atoms with Gasteiger partial charge in [-0.1, -0.05) is 12.1 Å². The van der Waals surface area contributed by atoms with Crippen LogP contribution in [0, 0.1) is 5.82 Å². The van der Waals surface area contributed by atoms with E-state index in [4.69, 9.17) is 0 Å². The molecule has 1 aliphatic heterocycles. The summed E-state index contributed by atoms with van der Waals surface area (Å²) in [7, 11) is 0. The number of aromatic hydroxyl groups is 1. The van der Waals surface area contributed by atoms with Crippen LogP contribution in [-0.4, -0.2) is 35.3 Å². The van der Waals surface area contributed by atoms with E-state index in [9.17, 15) is 19.4 Å². The number of hydrogen-bond acceptors (Lipinski definition) is 4. The molecule has 0 saturated carbocycles. The third-order valence-electron chi connectivity index (χ3n) is 4.16. The molecule has 0 aliphatic carbocycles. The molecule has 2 aromatic rings. The van der Waals surface area contributed by atoms with Gasteiger partial charge in [-0.3, -0.25) is 4.79 Å². The third kappa shape index (κ3) is 3.49. The average molecular weight is 330 g/mol. The van der Waals surface area contributed by atoms with Gasteiger partial charge in [-0.2, -0.15) is 0 Å². The lowest BCUT2D eigenvalue weighted by atomic mass is 10.1. The Hall–Kier alpha value is -2.60. The topological polar surface area (TPSA) is 72.8 Å². The largest absolute Gasteiger partial charge is 0.507 e. The summed E-state index contributed by atoms with van der Waals surface area (Å²) >= 11 is 0. The summed E-state index contributed by atoms with van der Waals surface area (Å²) in [6.45, 7) is 1.39. The molecule has 1 fully saturated rings. The Balaban J connectivity index is 1.82. The van der Waals surface area contributed by atoms with Crippen LogP contribution in [0.15, 0.2) is 42.5 Å². The summed E-state index contributed by atoms with van der Waals surface area (Å²) in [6.07, 6.45) is 1.06. The van der Waals surface area contributed by atoms with Gasteiger partial charge in [-0.15, -0.1) is 0 Å². The Labute approximate surface area is 139 Å². The molecule has 1 heterocycles. The second kappa shape index (κ2) is 6.88. The quantitative estimate of drug-likeness (QED) is 0.809. The monoisotopic (exact) mass is 330 g/mol. The van der Waals surface area contributed by atoms with E-state index in [0.717, 1.165) is 23.9 Å². The number of nitrogens with zero attached hydrogens (tertiary/aromatic N) is 1. The van der Waals surface area contributed by atoms with Crippen molar-refractivity contribution in [1.82, 2.24) is 0 Å². The standard InChI is InChI=1S/C18H19FN2O3/c19-12-5-6-17(23)14(11-12)18(24)20-15-3-1-2-4-16(15)21-9-7-13(22)8-10-21/h1-6,11,13,22-23H,7-10H2,(H,20,24). The van der Waals surface area contributed by atoms with Crippen LogP contribution in [0.1, 0.15) is 23.2 Å². The van der Waals surface area contributed by atoms with Gasteiger partial charge in [0.1, 0.15) is 11.6 Å². The fourth-order valence-corrected chi connectivity index (χ4v) is 2.84. The van der Waals surface area contributed by atoms with Crippen molar-refractivity contribution in [3.8, 4) is 5.75 Å². The van der Waals surface area contributed by atoms with Gasteiger partial charge < -0.3 is 20.4 Å². The number of phenols is 1. The van der Waals surface area contributed by atoms with Crippen molar-refractivity contribution in [3.05, 3.63) is 53.8 Å². The number of benzene rings is 2. The van der Waals surface area contributed by atoms with Crippen molar-refractivity contribution in [1.29, 1.82) is 0 Å². The molecule has 0 bridgehead atoms. The van der Waals surface area contributed by atoms with Crippen LogP contribution >= 0.6 is 0 Å². The summed E-state index contributed by atoms with van der Waals surface area (Å²) in [6, 6.07) is 10.6. The average Bonchev–Trinajstić information content (AvgIpc) is 2.58. The molecule has 1 aliphatic rings. The van der Waals surface area contributed by atoms with Crippen molar-refractivity contribution < 1.29 is 19.4 Å². The predicted molar refractivity (Wildman–Crippen MR) is 89.9 cm³/mol. The highest BCUT2D eigenvalue weighted by Gasteiger charge is 2.20. The molecule has 3 rings (SSSR count). The van der Waals surface area contributed by atoms with Crippen molar-refractivity contribution >= 4 is 17.3 Å². The van der Waals surface area contributed by atoms with Gasteiger partial charge in [-0.05, 0) is 43.2 Å². The van der Waals surface area contributed by atoms with Gasteiger partial charge in [0.15, 0.2) is 0 Å². The number of piperidine rings is 1. The van der Waals surface area contributed by atoms with Crippen molar-refractivity contribution in [3.63, 3.8) is 0 Å². The maximum Gasteiger partial charge on any atom is 0.259 e. The predicted octanol–water partition coefficient (Wildman–Crippen LogP) is 2.74. The van der Waals surface area contributed by atoms with E-state index in [-0.39, 0.29) is 17.4 Å². The number of carbonyl (C=O) groups is 1. The molecule has 3 N–H and O–H groups in total. The first-order valence-electron chi connectivity index (χ1n) is 7.86. The number of amides is 1. The minimum absolute atomic E-state index is 0.112. The van der Waals surface area contributed by atoms with Crippen LogP contribution in [0.4, 0.5) is 15.8 Å². The van der Waals surface area contributed by atoms with E-state index in [1.165, 1.54) is 0 Å². The van der Waals surface area contributed by atoms with E-state index < -0.39 is 11.7 Å². The van der Waals surface area contributed by atoms with Crippen molar-refractivity contribution in [2.24, 2.45) is 0 Å². The number of para-hydroxylation sites is 2. The fraction of sp³-hybridized carbons (Fsp3) is 0.278. The molecule has 0 aromatic heterocycles. The second-order valence-corrected chi connectivity index (χ2v) is 5.85. The minimum atomic E-state index is -0.587. The molecule has 126 valence electrons. The van der Waals surface area contributed by atoms with E-state index >= 15 is 0 Å². The molecule has 0 spiro atoms. The molecule has 1 amide bonds. The Kier molecular flexibility index (Phi) is 4.66. The normalized spacial score (nSPS) is 15.3. The van der Waals surface area contributed by atoms with Crippen LogP contribution in [0.25, 0.3) is 0 Å². The van der Waals surface area contributed by atoms with Crippen molar-refractivity contribution in [2.75, 3.05) is 23.3 Å². The molecule has 24 heavy (non-hydrogen) atoms. The van der Waals surface area contributed by atoms with Gasteiger partial charge in [0.25, 0.3) is 5.91 Å². The maximum absolute atomic E-state index is 13.3. The number of carbonyl (C=O) groups excluding carboxylic acids is 1. The van der Waals surface area contributed by atoms with Gasteiger partial charge in [-0.25, -0.2) is 4.39 Å². The van der Waals surface area contributed by atoms with E-state index in [1.807, 2.05) is 12.1 Å². The highest BCUT2D eigenvalue weighted by atomic mass is 19.1. The summed E-state index contributed by atoms with van der Waals surface area (Å²) in [5.74, 6) is -1.43. The molecular formula is C18H19FN2O3. The molecule has 6 heteroatoms. The Morgan fingerprint density at radius 2 is 1.88 bits per heavy atom. The van der Waals surface area contributed by atoms with Crippen LogP contribution in [-0.2, 0) is 0 Å². The zero-order valence-corrected chi connectivity index (χ0v) is 13.1. The number of nitrogens with one attached hydrogen (secondary N) is 1. The lowest BCUT2D eigenvalue weighted by Crippen LogP contribution is -2.36. The highest BCUT2D eigenvalue weighted by Crippen LogP contribution is 2.29. The van der Waals surface area contributed by atoms with E-state index in [2.05, 4.69) is 10.2 Å². The summed E-state index contributed by atoms with van der Waals surface area (Å²) in [5.41, 5.74) is 1.31. The van der Waals surface area contributed by atoms with Gasteiger partial charge in [0.05, 0.1) is 23.0 Å². The Morgan fingerprint density at radius 3 is 2.62 bits per heavy atom. The van der Waals surface area contributed by atoms with Crippen LogP contribution in [0.3, 0.4) is 0 Å².